The normalized spacial score (nSPS) is 22.3. The number of hydrogen-bond acceptors (Lipinski definition) is 1. The Kier molecular flexibility index (Phi) is 2.14. The van der Waals surface area contributed by atoms with Gasteiger partial charge in [-0.15, -0.1) is 11.8 Å². The molecule has 0 aromatic heterocycles. The molecule has 2 aliphatic rings. The first kappa shape index (κ1) is 9.77. The third-order valence-corrected chi connectivity index (χ3v) is 5.78. The van der Waals surface area contributed by atoms with Gasteiger partial charge in [-0.05, 0) is 49.8 Å². The number of hydrogen-bond donors (Lipinski definition) is 0. The molecule has 1 spiro atoms. The maximum absolute atomic E-state index is 2.29. The molecule has 0 saturated heterocycles. The molecule has 0 bridgehead atoms. The fourth-order valence-electron chi connectivity index (χ4n) is 3.08. The molecule has 1 heteroatoms. The molecule has 1 aliphatic heterocycles. The predicted molar refractivity (Wildman–Crippen MR) is 66.7 cm³/mol. The standard InChI is InChI=1S/C14H18S/c1-10-5-6-11(2)13-12(10)9-14(15-13)7-3-4-8-14/h5-6H,3-4,7-9H2,1-2H3. The Hall–Kier alpha value is -0.430. The van der Waals surface area contributed by atoms with E-state index in [1.165, 1.54) is 43.2 Å². The summed E-state index contributed by atoms with van der Waals surface area (Å²) in [5.74, 6) is 0. The molecule has 1 aromatic rings. The summed E-state index contributed by atoms with van der Waals surface area (Å²) in [5, 5.41) is 0. The zero-order valence-corrected chi connectivity index (χ0v) is 10.4. The minimum Gasteiger partial charge on any atom is -0.118 e. The van der Waals surface area contributed by atoms with E-state index in [0.29, 0.717) is 4.75 Å². The molecule has 15 heavy (non-hydrogen) atoms. The lowest BCUT2D eigenvalue weighted by molar-refractivity contribution is 0.615. The van der Waals surface area contributed by atoms with Crippen molar-refractivity contribution in [1.82, 2.24) is 0 Å². The Balaban J connectivity index is 2.05. The summed E-state index contributed by atoms with van der Waals surface area (Å²) >= 11 is 2.19. The van der Waals surface area contributed by atoms with Crippen LogP contribution in [0.5, 0.6) is 0 Å². The summed E-state index contributed by atoms with van der Waals surface area (Å²) in [5.41, 5.74) is 4.65. The quantitative estimate of drug-likeness (QED) is 0.627. The zero-order valence-electron chi connectivity index (χ0n) is 9.60. The van der Waals surface area contributed by atoms with Crippen LogP contribution in [0.3, 0.4) is 0 Å². The Morgan fingerprint density at radius 1 is 1.07 bits per heavy atom. The topological polar surface area (TPSA) is 0 Å². The Labute approximate surface area is 96.5 Å². The monoisotopic (exact) mass is 218 g/mol. The molecule has 80 valence electrons. The van der Waals surface area contributed by atoms with Crippen LogP contribution in [0.1, 0.15) is 42.4 Å². The second-order valence-corrected chi connectivity index (χ2v) is 6.65. The molecule has 0 nitrogen and oxygen atoms in total. The lowest BCUT2D eigenvalue weighted by atomic mass is 9.94. The lowest BCUT2D eigenvalue weighted by Crippen LogP contribution is -2.18. The first-order valence-electron chi connectivity index (χ1n) is 5.98. The van der Waals surface area contributed by atoms with E-state index in [4.69, 9.17) is 0 Å². The number of thioether (sulfide) groups is 1. The summed E-state index contributed by atoms with van der Waals surface area (Å²) < 4.78 is 0.596. The van der Waals surface area contributed by atoms with Crippen molar-refractivity contribution in [2.75, 3.05) is 0 Å². The number of rotatable bonds is 0. The van der Waals surface area contributed by atoms with Crippen LogP contribution in [0, 0.1) is 13.8 Å². The van der Waals surface area contributed by atoms with Gasteiger partial charge in [0.05, 0.1) is 0 Å². The smallest absolute Gasteiger partial charge is 0.0248 e. The summed E-state index contributed by atoms with van der Waals surface area (Å²) in [6.45, 7) is 4.53. The minimum atomic E-state index is 0.596. The molecule has 0 N–H and O–H groups in total. The molecule has 0 atom stereocenters. The first-order chi connectivity index (χ1) is 7.20. The second kappa shape index (κ2) is 3.28. The first-order valence-corrected chi connectivity index (χ1v) is 6.80. The van der Waals surface area contributed by atoms with E-state index in [0.717, 1.165) is 0 Å². The molecular weight excluding hydrogens is 200 g/mol. The summed E-state index contributed by atoms with van der Waals surface area (Å²) in [6, 6.07) is 4.58. The fourth-order valence-corrected chi connectivity index (χ4v) is 4.81. The number of benzene rings is 1. The number of fused-ring (bicyclic) bond motifs is 1. The van der Waals surface area contributed by atoms with E-state index < -0.39 is 0 Å². The van der Waals surface area contributed by atoms with E-state index in [9.17, 15) is 0 Å². The van der Waals surface area contributed by atoms with Crippen molar-refractivity contribution in [3.63, 3.8) is 0 Å². The third-order valence-electron chi connectivity index (χ3n) is 4.02. The van der Waals surface area contributed by atoms with Crippen LogP contribution in [-0.2, 0) is 6.42 Å². The van der Waals surface area contributed by atoms with Gasteiger partial charge in [0.15, 0.2) is 0 Å². The van der Waals surface area contributed by atoms with Crippen molar-refractivity contribution in [1.29, 1.82) is 0 Å². The summed E-state index contributed by atoms with van der Waals surface area (Å²) in [6.07, 6.45) is 7.09. The average molecular weight is 218 g/mol. The molecule has 0 unspecified atom stereocenters. The van der Waals surface area contributed by atoms with Gasteiger partial charge in [0, 0.05) is 9.64 Å². The number of aryl methyl sites for hydroxylation is 2. The third kappa shape index (κ3) is 1.44. The van der Waals surface area contributed by atoms with Crippen molar-refractivity contribution in [2.45, 2.75) is 55.6 Å². The highest BCUT2D eigenvalue weighted by Gasteiger charge is 2.41. The predicted octanol–water partition coefficient (Wildman–Crippen LogP) is 4.26. The van der Waals surface area contributed by atoms with Crippen molar-refractivity contribution in [2.24, 2.45) is 0 Å². The van der Waals surface area contributed by atoms with Gasteiger partial charge in [0.25, 0.3) is 0 Å². The van der Waals surface area contributed by atoms with Crippen LogP contribution in [0.2, 0.25) is 0 Å². The highest BCUT2D eigenvalue weighted by molar-refractivity contribution is 8.01. The van der Waals surface area contributed by atoms with Crippen LogP contribution in [0.15, 0.2) is 17.0 Å². The van der Waals surface area contributed by atoms with Gasteiger partial charge in [-0.1, -0.05) is 25.0 Å². The van der Waals surface area contributed by atoms with Crippen molar-refractivity contribution < 1.29 is 0 Å². The molecule has 1 aliphatic carbocycles. The highest BCUT2D eigenvalue weighted by atomic mass is 32.2. The largest absolute Gasteiger partial charge is 0.118 e. The lowest BCUT2D eigenvalue weighted by Gasteiger charge is -2.20. The van der Waals surface area contributed by atoms with Crippen molar-refractivity contribution >= 4 is 11.8 Å². The van der Waals surface area contributed by atoms with Crippen LogP contribution >= 0.6 is 11.8 Å². The van der Waals surface area contributed by atoms with Gasteiger partial charge in [-0.2, -0.15) is 0 Å². The Morgan fingerprint density at radius 3 is 2.40 bits per heavy atom. The van der Waals surface area contributed by atoms with Crippen LogP contribution in [-0.4, -0.2) is 4.75 Å². The fraction of sp³-hybridized carbons (Fsp3) is 0.571. The SMILES string of the molecule is Cc1ccc(C)c2c1CC1(CCCC1)S2. The van der Waals surface area contributed by atoms with Gasteiger partial charge >= 0.3 is 0 Å². The van der Waals surface area contributed by atoms with E-state index >= 15 is 0 Å². The Morgan fingerprint density at radius 2 is 1.73 bits per heavy atom. The van der Waals surface area contributed by atoms with E-state index in [1.54, 1.807) is 10.5 Å². The summed E-state index contributed by atoms with van der Waals surface area (Å²) in [4.78, 5) is 1.61. The average Bonchev–Trinajstić information content (AvgIpc) is 2.82. The van der Waals surface area contributed by atoms with E-state index in [-0.39, 0.29) is 0 Å². The maximum atomic E-state index is 2.29. The van der Waals surface area contributed by atoms with Crippen molar-refractivity contribution in [3.8, 4) is 0 Å². The van der Waals surface area contributed by atoms with Crippen LogP contribution < -0.4 is 0 Å². The molecule has 1 heterocycles. The Bertz CT molecular complexity index is 367. The van der Waals surface area contributed by atoms with Gasteiger partial charge in [-0.25, -0.2) is 0 Å². The molecule has 1 aromatic carbocycles. The van der Waals surface area contributed by atoms with Gasteiger partial charge in [-0.3, -0.25) is 0 Å². The molecule has 0 radical (unpaired) electrons. The van der Waals surface area contributed by atoms with E-state index in [1.807, 2.05) is 0 Å². The summed E-state index contributed by atoms with van der Waals surface area (Å²) in [7, 11) is 0. The van der Waals surface area contributed by atoms with Crippen molar-refractivity contribution in [3.05, 3.63) is 28.8 Å². The van der Waals surface area contributed by atoms with Gasteiger partial charge < -0.3 is 0 Å². The van der Waals surface area contributed by atoms with Crippen LogP contribution in [0.25, 0.3) is 0 Å². The molecule has 1 fully saturated rings. The molecule has 1 saturated carbocycles. The van der Waals surface area contributed by atoms with Gasteiger partial charge in [0.1, 0.15) is 0 Å². The highest BCUT2D eigenvalue weighted by Crippen LogP contribution is 2.55. The zero-order chi connectivity index (χ0) is 10.5. The molecular formula is C14H18S. The van der Waals surface area contributed by atoms with Gasteiger partial charge in [0.2, 0.25) is 0 Å². The second-order valence-electron chi connectivity index (χ2n) is 5.18. The minimum absolute atomic E-state index is 0.596. The molecule has 0 amide bonds. The van der Waals surface area contributed by atoms with E-state index in [2.05, 4.69) is 37.7 Å². The van der Waals surface area contributed by atoms with Crippen LogP contribution in [0.4, 0.5) is 0 Å². The maximum Gasteiger partial charge on any atom is 0.0248 e. The molecule has 3 rings (SSSR count).